The van der Waals surface area contributed by atoms with Gasteiger partial charge in [0.1, 0.15) is 0 Å². The minimum absolute atomic E-state index is 0.0284. The molecule has 25 heavy (non-hydrogen) atoms. The number of amides is 1. The Morgan fingerprint density at radius 1 is 1.28 bits per heavy atom. The van der Waals surface area contributed by atoms with Crippen LogP contribution in [0.3, 0.4) is 0 Å². The smallest absolute Gasteiger partial charge is 0.271 e. The van der Waals surface area contributed by atoms with Gasteiger partial charge in [0, 0.05) is 5.56 Å². The second-order valence-corrected chi connectivity index (χ2v) is 6.12. The molecule has 0 saturated heterocycles. The number of aryl methyl sites for hydroxylation is 1. The highest BCUT2D eigenvalue weighted by Crippen LogP contribution is 2.36. The van der Waals surface area contributed by atoms with Gasteiger partial charge in [-0.05, 0) is 50.1 Å². The third kappa shape index (κ3) is 4.97. The van der Waals surface area contributed by atoms with E-state index in [4.69, 9.17) is 21.1 Å². The van der Waals surface area contributed by atoms with Crippen LogP contribution in [-0.2, 0) is 0 Å². The summed E-state index contributed by atoms with van der Waals surface area (Å²) in [5.41, 5.74) is 4.65. The molecular weight excluding hydrogens is 340 g/mol. The van der Waals surface area contributed by atoms with E-state index in [1.807, 2.05) is 39.0 Å². The molecular formula is C19H21ClN2O3. The van der Waals surface area contributed by atoms with Crippen molar-refractivity contribution in [3.05, 3.63) is 58.1 Å². The number of nitrogens with one attached hydrogen (secondary N) is 1. The lowest BCUT2D eigenvalue weighted by Crippen LogP contribution is -2.18. The molecule has 0 aliphatic rings. The largest absolute Gasteiger partial charge is 0.493 e. The van der Waals surface area contributed by atoms with Crippen molar-refractivity contribution in [3.63, 3.8) is 0 Å². The van der Waals surface area contributed by atoms with Crippen LogP contribution in [0.1, 0.15) is 35.3 Å². The molecule has 1 N–H and O–H groups in total. The number of carbonyl (C=O) groups excluding carboxylic acids is 1. The Morgan fingerprint density at radius 2 is 2.00 bits per heavy atom. The Balaban J connectivity index is 2.14. The SMILES string of the molecule is COc1cc(/C=N/NC(=O)c2ccccc2C)cc(Cl)c1OC(C)C. The zero-order valence-electron chi connectivity index (χ0n) is 14.7. The van der Waals surface area contributed by atoms with E-state index in [2.05, 4.69) is 10.5 Å². The van der Waals surface area contributed by atoms with Gasteiger partial charge in [0.05, 0.1) is 24.5 Å². The first-order valence-corrected chi connectivity index (χ1v) is 8.23. The zero-order valence-corrected chi connectivity index (χ0v) is 15.4. The number of nitrogens with zero attached hydrogens (tertiary/aromatic N) is 1. The molecule has 132 valence electrons. The van der Waals surface area contributed by atoms with Gasteiger partial charge in [0.2, 0.25) is 0 Å². The van der Waals surface area contributed by atoms with Gasteiger partial charge in [-0.15, -0.1) is 0 Å². The lowest BCUT2D eigenvalue weighted by atomic mass is 10.1. The summed E-state index contributed by atoms with van der Waals surface area (Å²) in [6.07, 6.45) is 1.48. The van der Waals surface area contributed by atoms with Gasteiger partial charge in [-0.25, -0.2) is 5.43 Å². The van der Waals surface area contributed by atoms with Crippen molar-refractivity contribution < 1.29 is 14.3 Å². The molecule has 0 aromatic heterocycles. The van der Waals surface area contributed by atoms with Crippen LogP contribution in [0.2, 0.25) is 5.02 Å². The molecule has 2 aromatic carbocycles. The van der Waals surface area contributed by atoms with Crippen LogP contribution in [0.15, 0.2) is 41.5 Å². The Kier molecular flexibility index (Phi) is 6.42. The maximum absolute atomic E-state index is 12.1. The van der Waals surface area contributed by atoms with E-state index in [-0.39, 0.29) is 12.0 Å². The van der Waals surface area contributed by atoms with E-state index < -0.39 is 0 Å². The third-order valence-electron chi connectivity index (χ3n) is 3.37. The Morgan fingerprint density at radius 3 is 2.64 bits per heavy atom. The lowest BCUT2D eigenvalue weighted by molar-refractivity contribution is 0.0954. The standard InChI is InChI=1S/C19H21ClN2O3/c1-12(2)25-18-16(20)9-14(10-17(18)24-4)11-21-22-19(23)15-8-6-5-7-13(15)3/h5-12H,1-4H3,(H,22,23)/b21-11+. The van der Waals surface area contributed by atoms with Crippen molar-refractivity contribution >= 4 is 23.7 Å². The highest BCUT2D eigenvalue weighted by molar-refractivity contribution is 6.32. The quantitative estimate of drug-likeness (QED) is 0.620. The first-order valence-electron chi connectivity index (χ1n) is 7.85. The molecule has 0 bridgehead atoms. The second-order valence-electron chi connectivity index (χ2n) is 5.71. The van der Waals surface area contributed by atoms with Crippen LogP contribution >= 0.6 is 11.6 Å². The number of hydrazone groups is 1. The monoisotopic (exact) mass is 360 g/mol. The molecule has 6 heteroatoms. The summed E-state index contributed by atoms with van der Waals surface area (Å²) >= 11 is 6.26. The van der Waals surface area contributed by atoms with Gasteiger partial charge in [0.25, 0.3) is 5.91 Å². The first-order chi connectivity index (χ1) is 11.9. The summed E-state index contributed by atoms with van der Waals surface area (Å²) in [5, 5.41) is 4.40. The van der Waals surface area contributed by atoms with Crippen molar-refractivity contribution in [2.45, 2.75) is 26.9 Å². The predicted molar refractivity (Wildman–Crippen MR) is 100 cm³/mol. The van der Waals surface area contributed by atoms with Crippen LogP contribution in [-0.4, -0.2) is 25.3 Å². The lowest BCUT2D eigenvalue weighted by Gasteiger charge is -2.15. The van der Waals surface area contributed by atoms with Gasteiger partial charge in [0.15, 0.2) is 11.5 Å². The fourth-order valence-electron chi connectivity index (χ4n) is 2.22. The normalized spacial score (nSPS) is 11.0. The van der Waals surface area contributed by atoms with Crippen LogP contribution in [0, 0.1) is 6.92 Å². The van der Waals surface area contributed by atoms with Gasteiger partial charge in [-0.2, -0.15) is 5.10 Å². The van der Waals surface area contributed by atoms with Gasteiger partial charge in [-0.3, -0.25) is 4.79 Å². The first kappa shape index (κ1) is 18.8. The molecule has 2 rings (SSSR count). The van der Waals surface area contributed by atoms with Crippen LogP contribution < -0.4 is 14.9 Å². The topological polar surface area (TPSA) is 59.9 Å². The molecule has 0 aliphatic carbocycles. The van der Waals surface area contributed by atoms with Crippen molar-refractivity contribution in [1.82, 2.24) is 5.43 Å². The molecule has 0 spiro atoms. The average molecular weight is 361 g/mol. The molecule has 0 aliphatic heterocycles. The number of ether oxygens (including phenoxy) is 2. The summed E-state index contributed by atoms with van der Waals surface area (Å²) in [5.74, 6) is 0.723. The molecule has 5 nitrogen and oxygen atoms in total. The summed E-state index contributed by atoms with van der Waals surface area (Å²) in [6.45, 7) is 5.69. The molecule has 0 heterocycles. The van der Waals surface area contributed by atoms with E-state index in [1.54, 1.807) is 25.3 Å². The van der Waals surface area contributed by atoms with Gasteiger partial charge >= 0.3 is 0 Å². The van der Waals surface area contributed by atoms with Crippen molar-refractivity contribution in [3.8, 4) is 11.5 Å². The maximum Gasteiger partial charge on any atom is 0.271 e. The van der Waals surface area contributed by atoms with Crippen LogP contribution in [0.5, 0.6) is 11.5 Å². The molecule has 0 atom stereocenters. The molecule has 1 amide bonds. The van der Waals surface area contributed by atoms with E-state index in [0.29, 0.717) is 27.6 Å². The van der Waals surface area contributed by atoms with Crippen LogP contribution in [0.25, 0.3) is 0 Å². The second kappa shape index (κ2) is 8.53. The number of benzene rings is 2. The van der Waals surface area contributed by atoms with Crippen molar-refractivity contribution in [1.29, 1.82) is 0 Å². The Labute approximate surface area is 152 Å². The average Bonchev–Trinajstić information content (AvgIpc) is 2.57. The van der Waals surface area contributed by atoms with E-state index in [1.165, 1.54) is 6.21 Å². The van der Waals surface area contributed by atoms with Gasteiger partial charge in [-0.1, -0.05) is 29.8 Å². The Bertz CT molecular complexity index is 788. The number of methoxy groups -OCH3 is 1. The highest BCUT2D eigenvalue weighted by Gasteiger charge is 2.13. The van der Waals surface area contributed by atoms with E-state index in [9.17, 15) is 4.79 Å². The summed E-state index contributed by atoms with van der Waals surface area (Å²) in [7, 11) is 1.54. The maximum atomic E-state index is 12.1. The zero-order chi connectivity index (χ0) is 18.4. The number of hydrogen-bond donors (Lipinski definition) is 1. The van der Waals surface area contributed by atoms with Crippen molar-refractivity contribution in [2.24, 2.45) is 5.10 Å². The fraction of sp³-hybridized carbons (Fsp3) is 0.263. The molecule has 0 saturated carbocycles. The van der Waals surface area contributed by atoms with Gasteiger partial charge < -0.3 is 9.47 Å². The number of carbonyl (C=O) groups is 1. The van der Waals surface area contributed by atoms with Crippen molar-refractivity contribution in [2.75, 3.05) is 7.11 Å². The van der Waals surface area contributed by atoms with E-state index >= 15 is 0 Å². The van der Waals surface area contributed by atoms with Crippen LogP contribution in [0.4, 0.5) is 0 Å². The molecule has 0 radical (unpaired) electrons. The molecule has 0 unspecified atom stereocenters. The van der Waals surface area contributed by atoms with E-state index in [0.717, 1.165) is 5.56 Å². The fourth-order valence-corrected chi connectivity index (χ4v) is 2.48. The summed E-state index contributed by atoms with van der Waals surface area (Å²) in [6, 6.07) is 10.8. The predicted octanol–water partition coefficient (Wildman–Crippen LogP) is 4.21. The highest BCUT2D eigenvalue weighted by atomic mass is 35.5. The molecule has 2 aromatic rings. The number of rotatable bonds is 6. The minimum atomic E-state index is -0.271. The number of halogens is 1. The minimum Gasteiger partial charge on any atom is -0.493 e. The Hall–Kier alpha value is -2.53. The summed E-state index contributed by atoms with van der Waals surface area (Å²) in [4.78, 5) is 12.1. The summed E-state index contributed by atoms with van der Waals surface area (Å²) < 4.78 is 11.0. The third-order valence-corrected chi connectivity index (χ3v) is 3.66. The molecule has 0 fully saturated rings. The number of hydrogen-bond acceptors (Lipinski definition) is 4.